The number of phenols is 1. The molecule has 0 amide bonds. The second-order valence-electron chi connectivity index (χ2n) is 4.79. The molecule has 0 spiro atoms. The van der Waals surface area contributed by atoms with Crippen LogP contribution in [0.4, 0.5) is 0 Å². The normalized spacial score (nSPS) is 12.6. The Balaban J connectivity index is 2.47. The molecule has 0 aromatic heterocycles. The summed E-state index contributed by atoms with van der Waals surface area (Å²) in [7, 11) is 0. The van der Waals surface area contributed by atoms with Crippen molar-refractivity contribution in [3.05, 3.63) is 28.8 Å². The highest BCUT2D eigenvalue weighted by Crippen LogP contribution is 2.23. The predicted molar refractivity (Wildman–Crippen MR) is 78.2 cm³/mol. The molecule has 0 aliphatic rings. The molecule has 3 heteroatoms. The number of nitrogens with one attached hydrogen (secondary N) is 1. The van der Waals surface area contributed by atoms with Crippen molar-refractivity contribution in [3.63, 3.8) is 0 Å². The average molecular weight is 270 g/mol. The molecule has 2 N–H and O–H groups in total. The molecule has 1 unspecified atom stereocenters. The van der Waals surface area contributed by atoms with E-state index in [4.69, 9.17) is 11.6 Å². The molecule has 0 aliphatic carbocycles. The number of aromatic hydroxyl groups is 1. The molecule has 1 atom stereocenters. The van der Waals surface area contributed by atoms with Gasteiger partial charge >= 0.3 is 0 Å². The molecule has 1 rings (SSSR count). The van der Waals surface area contributed by atoms with Gasteiger partial charge in [0.2, 0.25) is 0 Å². The van der Waals surface area contributed by atoms with E-state index in [-0.39, 0.29) is 5.75 Å². The highest BCUT2D eigenvalue weighted by molar-refractivity contribution is 6.32. The summed E-state index contributed by atoms with van der Waals surface area (Å²) in [5.74, 6) is 0.150. The molecular formula is C15H24ClNO. The molecule has 0 aliphatic heterocycles. The maximum atomic E-state index is 9.37. The number of benzene rings is 1. The minimum absolute atomic E-state index is 0.150. The summed E-state index contributed by atoms with van der Waals surface area (Å²) in [6.07, 6.45) is 6.17. The van der Waals surface area contributed by atoms with Crippen molar-refractivity contribution >= 4 is 11.6 Å². The van der Waals surface area contributed by atoms with Crippen LogP contribution in [0.2, 0.25) is 5.02 Å². The predicted octanol–water partition coefficient (Wildman–Crippen LogP) is 4.49. The third kappa shape index (κ3) is 5.28. The molecule has 0 saturated carbocycles. The molecule has 2 nitrogen and oxygen atoms in total. The Kier molecular flexibility index (Phi) is 7.14. The van der Waals surface area contributed by atoms with E-state index in [2.05, 4.69) is 19.2 Å². The van der Waals surface area contributed by atoms with Crippen molar-refractivity contribution in [2.24, 2.45) is 0 Å². The first-order valence-electron chi connectivity index (χ1n) is 6.88. The minimum Gasteiger partial charge on any atom is -0.506 e. The fourth-order valence-electron chi connectivity index (χ4n) is 2.07. The van der Waals surface area contributed by atoms with E-state index in [1.54, 1.807) is 6.07 Å². The summed E-state index contributed by atoms with van der Waals surface area (Å²) in [6.45, 7) is 5.26. The van der Waals surface area contributed by atoms with Crippen molar-refractivity contribution in [1.29, 1.82) is 0 Å². The number of unbranched alkanes of at least 4 members (excludes halogenated alkanes) is 1. The largest absolute Gasteiger partial charge is 0.506 e. The summed E-state index contributed by atoms with van der Waals surface area (Å²) in [5.41, 5.74) is 1.12. The molecule has 0 heterocycles. The molecule has 0 fully saturated rings. The van der Waals surface area contributed by atoms with Gasteiger partial charge in [-0.3, -0.25) is 0 Å². The molecule has 1 aromatic carbocycles. The van der Waals surface area contributed by atoms with Gasteiger partial charge in [-0.25, -0.2) is 0 Å². The number of phenolic OH excluding ortho intramolecular Hbond substituents is 1. The fourth-order valence-corrected chi connectivity index (χ4v) is 2.27. The summed E-state index contributed by atoms with van der Waals surface area (Å²) in [6, 6.07) is 5.98. The minimum atomic E-state index is 0.150. The van der Waals surface area contributed by atoms with E-state index in [0.29, 0.717) is 11.1 Å². The summed E-state index contributed by atoms with van der Waals surface area (Å²) in [5, 5.41) is 13.4. The van der Waals surface area contributed by atoms with Gasteiger partial charge in [-0.05, 0) is 30.5 Å². The fraction of sp³-hybridized carbons (Fsp3) is 0.600. The first-order chi connectivity index (χ1) is 8.67. The van der Waals surface area contributed by atoms with Crippen LogP contribution in [0.3, 0.4) is 0 Å². The standard InChI is InChI=1S/C15H24ClNO/c1-3-5-7-13(6-4-2)17-11-12-8-9-15(18)14(16)10-12/h8-10,13,17-18H,3-7,11H2,1-2H3. The van der Waals surface area contributed by atoms with Crippen LogP contribution in [-0.2, 0) is 6.54 Å². The van der Waals surface area contributed by atoms with Gasteiger partial charge in [0.05, 0.1) is 5.02 Å². The number of hydrogen-bond acceptors (Lipinski definition) is 2. The average Bonchev–Trinajstić information content (AvgIpc) is 2.37. The monoisotopic (exact) mass is 269 g/mol. The van der Waals surface area contributed by atoms with Crippen LogP contribution in [0, 0.1) is 0 Å². The third-order valence-electron chi connectivity index (χ3n) is 3.15. The zero-order valence-corrected chi connectivity index (χ0v) is 12.1. The maximum Gasteiger partial charge on any atom is 0.134 e. The summed E-state index contributed by atoms with van der Waals surface area (Å²) in [4.78, 5) is 0. The highest BCUT2D eigenvalue weighted by Gasteiger charge is 2.07. The van der Waals surface area contributed by atoms with Gasteiger partial charge < -0.3 is 10.4 Å². The van der Waals surface area contributed by atoms with Gasteiger partial charge in [0.1, 0.15) is 5.75 Å². The highest BCUT2D eigenvalue weighted by atomic mass is 35.5. The van der Waals surface area contributed by atoms with E-state index >= 15 is 0 Å². The smallest absolute Gasteiger partial charge is 0.134 e. The van der Waals surface area contributed by atoms with Gasteiger partial charge in [0.25, 0.3) is 0 Å². The number of rotatable bonds is 8. The third-order valence-corrected chi connectivity index (χ3v) is 3.45. The van der Waals surface area contributed by atoms with E-state index in [1.807, 2.05) is 12.1 Å². The molecular weight excluding hydrogens is 246 g/mol. The lowest BCUT2D eigenvalue weighted by Crippen LogP contribution is -2.28. The Morgan fingerprint density at radius 2 is 2.00 bits per heavy atom. The molecule has 1 aromatic rings. The Labute approximate surface area is 115 Å². The topological polar surface area (TPSA) is 32.3 Å². The Morgan fingerprint density at radius 1 is 1.22 bits per heavy atom. The van der Waals surface area contributed by atoms with E-state index in [9.17, 15) is 5.11 Å². The number of halogens is 1. The van der Waals surface area contributed by atoms with E-state index in [1.165, 1.54) is 32.1 Å². The van der Waals surface area contributed by atoms with Gasteiger partial charge in [0, 0.05) is 12.6 Å². The second-order valence-corrected chi connectivity index (χ2v) is 5.20. The van der Waals surface area contributed by atoms with E-state index in [0.717, 1.165) is 12.1 Å². The first kappa shape index (κ1) is 15.3. The quantitative estimate of drug-likeness (QED) is 0.729. The van der Waals surface area contributed by atoms with Crippen molar-refractivity contribution in [2.45, 2.75) is 58.5 Å². The maximum absolute atomic E-state index is 9.37. The van der Waals surface area contributed by atoms with Crippen molar-refractivity contribution in [1.82, 2.24) is 5.32 Å². The lowest BCUT2D eigenvalue weighted by molar-refractivity contribution is 0.433. The Hall–Kier alpha value is -0.730. The Bertz CT molecular complexity index is 354. The van der Waals surface area contributed by atoms with Gasteiger partial charge in [0.15, 0.2) is 0 Å². The molecule has 0 saturated heterocycles. The van der Waals surface area contributed by atoms with Crippen LogP contribution in [0.5, 0.6) is 5.75 Å². The summed E-state index contributed by atoms with van der Waals surface area (Å²) < 4.78 is 0. The van der Waals surface area contributed by atoms with Crippen LogP contribution >= 0.6 is 11.6 Å². The van der Waals surface area contributed by atoms with Gasteiger partial charge in [-0.2, -0.15) is 0 Å². The SMILES string of the molecule is CCCCC(CCC)NCc1ccc(O)c(Cl)c1. The van der Waals surface area contributed by atoms with Crippen LogP contribution < -0.4 is 5.32 Å². The zero-order valence-electron chi connectivity index (χ0n) is 11.4. The van der Waals surface area contributed by atoms with Crippen molar-refractivity contribution in [2.75, 3.05) is 0 Å². The van der Waals surface area contributed by atoms with Crippen molar-refractivity contribution < 1.29 is 5.11 Å². The zero-order chi connectivity index (χ0) is 13.4. The molecule has 18 heavy (non-hydrogen) atoms. The van der Waals surface area contributed by atoms with E-state index < -0.39 is 0 Å². The lowest BCUT2D eigenvalue weighted by atomic mass is 10.0. The van der Waals surface area contributed by atoms with Crippen molar-refractivity contribution in [3.8, 4) is 5.75 Å². The van der Waals surface area contributed by atoms with Crippen LogP contribution in [0.15, 0.2) is 18.2 Å². The number of hydrogen-bond donors (Lipinski definition) is 2. The molecule has 0 radical (unpaired) electrons. The molecule has 102 valence electrons. The lowest BCUT2D eigenvalue weighted by Gasteiger charge is -2.18. The first-order valence-corrected chi connectivity index (χ1v) is 7.26. The Morgan fingerprint density at radius 3 is 2.61 bits per heavy atom. The van der Waals surface area contributed by atoms with Crippen LogP contribution in [0.25, 0.3) is 0 Å². The van der Waals surface area contributed by atoms with Gasteiger partial charge in [-0.1, -0.05) is 50.8 Å². The van der Waals surface area contributed by atoms with Crippen LogP contribution in [-0.4, -0.2) is 11.1 Å². The summed E-state index contributed by atoms with van der Waals surface area (Å²) >= 11 is 5.90. The van der Waals surface area contributed by atoms with Crippen LogP contribution in [0.1, 0.15) is 51.5 Å². The molecule has 0 bridgehead atoms. The second kappa shape index (κ2) is 8.39. The van der Waals surface area contributed by atoms with Gasteiger partial charge in [-0.15, -0.1) is 0 Å².